The van der Waals surface area contributed by atoms with Gasteiger partial charge in [0.2, 0.25) is 0 Å². The third kappa shape index (κ3) is 3.44. The summed E-state index contributed by atoms with van der Waals surface area (Å²) < 4.78 is 23.6. The van der Waals surface area contributed by atoms with Crippen molar-refractivity contribution in [3.63, 3.8) is 0 Å². The number of phenolic OH excluding ortho intramolecular Hbond substituents is 1. The molecule has 0 fully saturated rings. The molecular weight excluding hydrogens is 340 g/mol. The molecule has 1 aliphatic carbocycles. The molecule has 0 unspecified atom stereocenters. The summed E-state index contributed by atoms with van der Waals surface area (Å²) in [7, 11) is -3.38. The lowest BCUT2D eigenvalue weighted by atomic mass is 9.95. The summed E-state index contributed by atoms with van der Waals surface area (Å²) >= 11 is 0. The van der Waals surface area contributed by atoms with E-state index in [4.69, 9.17) is 0 Å². The van der Waals surface area contributed by atoms with Crippen LogP contribution < -0.4 is 0 Å². The fourth-order valence-electron chi connectivity index (χ4n) is 3.19. The van der Waals surface area contributed by atoms with Gasteiger partial charge in [-0.1, -0.05) is 12.1 Å². The zero-order valence-corrected chi connectivity index (χ0v) is 14.5. The van der Waals surface area contributed by atoms with Gasteiger partial charge >= 0.3 is 5.97 Å². The first-order valence-corrected chi connectivity index (χ1v) is 9.75. The van der Waals surface area contributed by atoms with Crippen LogP contribution in [0.4, 0.5) is 0 Å². The monoisotopic (exact) mass is 358 g/mol. The third-order valence-electron chi connectivity index (χ3n) is 4.40. The van der Waals surface area contributed by atoms with Gasteiger partial charge in [-0.2, -0.15) is 0 Å². The number of benzene rings is 2. The Morgan fingerprint density at radius 3 is 2.44 bits per heavy atom. The topological polar surface area (TPSA) is 91.7 Å². The van der Waals surface area contributed by atoms with Crippen molar-refractivity contribution in [2.24, 2.45) is 0 Å². The quantitative estimate of drug-likeness (QED) is 0.871. The van der Waals surface area contributed by atoms with Crippen LogP contribution >= 0.6 is 0 Å². The number of rotatable bonds is 4. The maximum Gasteiger partial charge on any atom is 0.335 e. The van der Waals surface area contributed by atoms with Gasteiger partial charge in [0.15, 0.2) is 9.84 Å². The van der Waals surface area contributed by atoms with E-state index in [2.05, 4.69) is 0 Å². The van der Waals surface area contributed by atoms with Gasteiger partial charge in [0.05, 0.1) is 10.5 Å². The molecule has 0 spiro atoms. The molecule has 0 amide bonds. The molecule has 6 heteroatoms. The Labute approximate surface area is 146 Å². The van der Waals surface area contributed by atoms with Crippen molar-refractivity contribution in [1.82, 2.24) is 0 Å². The fourth-order valence-corrected chi connectivity index (χ4v) is 3.83. The maximum atomic E-state index is 11.8. The Morgan fingerprint density at radius 1 is 1.04 bits per heavy atom. The molecule has 0 saturated carbocycles. The highest BCUT2D eigenvalue weighted by atomic mass is 32.2. The fraction of sp³-hybridized carbons (Fsp3) is 0.211. The number of allylic oxidation sites excluding steroid dienone is 2. The number of carboxylic acids is 1. The van der Waals surface area contributed by atoms with Gasteiger partial charge in [-0.25, -0.2) is 13.2 Å². The second-order valence-corrected chi connectivity index (χ2v) is 8.16. The van der Waals surface area contributed by atoms with Gasteiger partial charge in [-0.3, -0.25) is 0 Å². The van der Waals surface area contributed by atoms with Crippen LogP contribution in [0.1, 0.15) is 40.7 Å². The van der Waals surface area contributed by atoms with Gasteiger partial charge in [0.25, 0.3) is 0 Å². The molecule has 130 valence electrons. The van der Waals surface area contributed by atoms with Gasteiger partial charge in [0.1, 0.15) is 5.75 Å². The van der Waals surface area contributed by atoms with E-state index in [-0.39, 0.29) is 16.2 Å². The largest absolute Gasteiger partial charge is 0.507 e. The van der Waals surface area contributed by atoms with Gasteiger partial charge in [-0.15, -0.1) is 0 Å². The van der Waals surface area contributed by atoms with Crippen LogP contribution in [0.2, 0.25) is 0 Å². The Balaban J connectivity index is 2.17. The van der Waals surface area contributed by atoms with Crippen LogP contribution in [-0.2, 0) is 9.84 Å². The average molecular weight is 358 g/mol. The molecule has 0 heterocycles. The molecule has 0 aromatic heterocycles. The number of phenols is 1. The van der Waals surface area contributed by atoms with Crippen LogP contribution in [-0.4, -0.2) is 30.9 Å². The number of aromatic carboxylic acids is 1. The maximum absolute atomic E-state index is 11.8. The summed E-state index contributed by atoms with van der Waals surface area (Å²) in [6.45, 7) is 0. The molecule has 5 nitrogen and oxygen atoms in total. The van der Waals surface area contributed by atoms with E-state index < -0.39 is 15.8 Å². The van der Waals surface area contributed by atoms with Crippen molar-refractivity contribution < 1.29 is 23.4 Å². The molecule has 25 heavy (non-hydrogen) atoms. The number of hydrogen-bond acceptors (Lipinski definition) is 4. The number of carboxylic acid groups (broad SMARTS) is 1. The zero-order valence-electron chi connectivity index (χ0n) is 13.7. The number of sulfone groups is 1. The molecule has 2 aromatic carbocycles. The van der Waals surface area contributed by atoms with Crippen LogP contribution in [0, 0.1) is 0 Å². The van der Waals surface area contributed by atoms with Crippen molar-refractivity contribution in [1.29, 1.82) is 0 Å². The molecule has 2 aromatic rings. The lowest BCUT2D eigenvalue weighted by Crippen LogP contribution is -1.99. The van der Waals surface area contributed by atoms with Crippen LogP contribution in [0.15, 0.2) is 47.4 Å². The van der Waals surface area contributed by atoms with E-state index >= 15 is 0 Å². The first-order valence-electron chi connectivity index (χ1n) is 7.86. The van der Waals surface area contributed by atoms with Gasteiger partial charge in [0, 0.05) is 11.8 Å². The smallest absolute Gasteiger partial charge is 0.335 e. The number of hydrogen-bond donors (Lipinski definition) is 2. The number of aromatic hydroxyl groups is 1. The second-order valence-electron chi connectivity index (χ2n) is 6.15. The van der Waals surface area contributed by atoms with Gasteiger partial charge in [-0.05, 0) is 66.3 Å². The Kier molecular flexibility index (Phi) is 4.39. The summed E-state index contributed by atoms with van der Waals surface area (Å²) in [5.74, 6) is -0.972. The predicted molar refractivity (Wildman–Crippen MR) is 95.3 cm³/mol. The Bertz CT molecular complexity index is 987. The van der Waals surface area contributed by atoms with E-state index in [1.807, 2.05) is 6.07 Å². The summed E-state index contributed by atoms with van der Waals surface area (Å²) in [5.41, 5.74) is 3.30. The highest BCUT2D eigenvalue weighted by molar-refractivity contribution is 7.90. The van der Waals surface area contributed by atoms with E-state index in [0.29, 0.717) is 12.0 Å². The van der Waals surface area contributed by atoms with Crippen molar-refractivity contribution in [2.75, 3.05) is 6.26 Å². The molecule has 0 atom stereocenters. The van der Waals surface area contributed by atoms with Crippen molar-refractivity contribution >= 4 is 27.0 Å². The minimum absolute atomic E-state index is 0.0242. The molecule has 0 radical (unpaired) electrons. The SMILES string of the molecule is CS(=O)(=O)c1ccc(O)c(C2=C(c3cccc(C(=O)O)c3)CCC2)c1. The molecule has 3 rings (SSSR count). The molecule has 2 N–H and O–H groups in total. The van der Waals surface area contributed by atoms with E-state index in [9.17, 15) is 23.4 Å². The third-order valence-corrected chi connectivity index (χ3v) is 5.51. The average Bonchev–Trinajstić information content (AvgIpc) is 3.03. The molecule has 1 aliphatic rings. The molecule has 0 saturated heterocycles. The predicted octanol–water partition coefficient (Wildman–Crippen LogP) is 3.59. The Hall–Kier alpha value is -2.60. The van der Waals surface area contributed by atoms with E-state index in [1.54, 1.807) is 12.1 Å². The summed E-state index contributed by atoms with van der Waals surface area (Å²) in [5, 5.41) is 19.4. The first kappa shape index (κ1) is 17.2. The van der Waals surface area contributed by atoms with E-state index in [1.165, 1.54) is 24.3 Å². The molecular formula is C19H18O5S. The lowest BCUT2D eigenvalue weighted by molar-refractivity contribution is 0.0697. The Morgan fingerprint density at radius 2 is 1.76 bits per heavy atom. The van der Waals surface area contributed by atoms with Crippen molar-refractivity contribution in [2.45, 2.75) is 24.2 Å². The van der Waals surface area contributed by atoms with E-state index in [0.717, 1.165) is 35.8 Å². The minimum Gasteiger partial charge on any atom is -0.507 e. The standard InChI is InChI=1S/C19H18O5S/c1-25(23,24)14-8-9-18(20)17(11-14)16-7-3-6-15(16)12-4-2-5-13(10-12)19(21)22/h2,4-5,8-11,20H,3,6-7H2,1H3,(H,21,22). The summed E-state index contributed by atoms with van der Waals surface area (Å²) in [6.07, 6.45) is 3.45. The molecule has 0 bridgehead atoms. The summed E-state index contributed by atoms with van der Waals surface area (Å²) in [4.78, 5) is 11.4. The number of carbonyl (C=O) groups is 1. The minimum atomic E-state index is -3.38. The van der Waals surface area contributed by atoms with Crippen molar-refractivity contribution in [3.8, 4) is 5.75 Å². The van der Waals surface area contributed by atoms with Crippen LogP contribution in [0.25, 0.3) is 11.1 Å². The van der Waals surface area contributed by atoms with Crippen LogP contribution in [0.3, 0.4) is 0 Å². The lowest BCUT2D eigenvalue weighted by Gasteiger charge is -2.12. The second kappa shape index (κ2) is 6.37. The van der Waals surface area contributed by atoms with Crippen LogP contribution in [0.5, 0.6) is 5.75 Å². The molecule has 0 aliphatic heterocycles. The highest BCUT2D eigenvalue weighted by Crippen LogP contribution is 2.43. The van der Waals surface area contributed by atoms with Gasteiger partial charge < -0.3 is 10.2 Å². The first-order chi connectivity index (χ1) is 11.8. The normalized spacial score (nSPS) is 14.8. The summed E-state index contributed by atoms with van der Waals surface area (Å²) in [6, 6.07) is 10.9. The zero-order chi connectivity index (χ0) is 18.2. The van der Waals surface area contributed by atoms with Crippen molar-refractivity contribution in [3.05, 3.63) is 59.2 Å². The highest BCUT2D eigenvalue weighted by Gasteiger charge is 2.22.